The third-order valence-electron chi connectivity index (χ3n) is 4.03. The van der Waals surface area contributed by atoms with E-state index in [-0.39, 0.29) is 11.8 Å². The number of fused-ring (bicyclic) bond motifs is 1. The Balaban J connectivity index is 1.77. The van der Waals surface area contributed by atoms with Crippen molar-refractivity contribution in [1.82, 2.24) is 0 Å². The van der Waals surface area contributed by atoms with Crippen molar-refractivity contribution >= 4 is 0 Å². The van der Waals surface area contributed by atoms with Gasteiger partial charge in [-0.05, 0) is 12.0 Å². The lowest BCUT2D eigenvalue weighted by Crippen LogP contribution is -2.21. The fourth-order valence-electron chi connectivity index (χ4n) is 3.03. The van der Waals surface area contributed by atoms with Gasteiger partial charge in [-0.25, -0.2) is 6.57 Å². The second-order valence-corrected chi connectivity index (χ2v) is 5.01. The van der Waals surface area contributed by atoms with Crippen LogP contribution in [0.4, 0.5) is 0 Å². The highest BCUT2D eigenvalue weighted by Crippen LogP contribution is 2.44. The van der Waals surface area contributed by atoms with Crippen LogP contribution in [0.2, 0.25) is 0 Å². The molecule has 1 aromatic rings. The van der Waals surface area contributed by atoms with Gasteiger partial charge in [0.05, 0.1) is 13.2 Å². The van der Waals surface area contributed by atoms with Gasteiger partial charge >= 0.3 is 0 Å². The Morgan fingerprint density at radius 3 is 2.83 bits per heavy atom. The molecule has 0 bridgehead atoms. The van der Waals surface area contributed by atoms with Crippen LogP contribution in [0.25, 0.3) is 4.85 Å². The number of aryl methyl sites for hydroxylation is 1. The standard InChI is InChI=1S/C15H17NO2/c1-16-15(9-7-14-17-10-11-18-14)8-6-12-4-2-3-5-13(12)15/h2-5,14H,6-11H2. The van der Waals surface area contributed by atoms with E-state index in [1.165, 1.54) is 11.1 Å². The number of benzene rings is 1. The third-order valence-corrected chi connectivity index (χ3v) is 4.03. The maximum atomic E-state index is 7.60. The molecule has 3 heteroatoms. The Bertz CT molecular complexity index is 474. The molecule has 0 N–H and O–H groups in total. The Kier molecular flexibility index (Phi) is 3.07. The van der Waals surface area contributed by atoms with Crippen LogP contribution in [-0.4, -0.2) is 19.5 Å². The summed E-state index contributed by atoms with van der Waals surface area (Å²) in [6.45, 7) is 8.97. The zero-order valence-corrected chi connectivity index (χ0v) is 10.4. The summed E-state index contributed by atoms with van der Waals surface area (Å²) in [7, 11) is 0. The smallest absolute Gasteiger partial charge is 0.258 e. The molecule has 18 heavy (non-hydrogen) atoms. The third kappa shape index (κ3) is 1.92. The summed E-state index contributed by atoms with van der Waals surface area (Å²) in [5, 5.41) is 0. The minimum absolute atomic E-state index is 0.101. The molecule has 1 atom stereocenters. The van der Waals surface area contributed by atoms with Crippen molar-refractivity contribution in [2.45, 2.75) is 37.5 Å². The van der Waals surface area contributed by atoms with Gasteiger partial charge < -0.3 is 14.3 Å². The lowest BCUT2D eigenvalue weighted by molar-refractivity contribution is -0.0503. The summed E-state index contributed by atoms with van der Waals surface area (Å²) >= 11 is 0. The molecule has 2 aliphatic rings. The van der Waals surface area contributed by atoms with Crippen molar-refractivity contribution in [2.24, 2.45) is 0 Å². The van der Waals surface area contributed by atoms with Crippen LogP contribution in [0.5, 0.6) is 0 Å². The lowest BCUT2D eigenvalue weighted by Gasteiger charge is -2.19. The first-order chi connectivity index (χ1) is 8.84. The quantitative estimate of drug-likeness (QED) is 0.762. The van der Waals surface area contributed by atoms with Gasteiger partial charge in [0.1, 0.15) is 0 Å². The molecule has 0 spiro atoms. The first-order valence-electron chi connectivity index (χ1n) is 6.54. The minimum Gasteiger partial charge on any atom is -0.350 e. The number of ether oxygens (including phenoxy) is 2. The van der Waals surface area contributed by atoms with Gasteiger partial charge in [-0.15, -0.1) is 0 Å². The summed E-state index contributed by atoms with van der Waals surface area (Å²) in [6.07, 6.45) is 3.50. The van der Waals surface area contributed by atoms with E-state index >= 15 is 0 Å². The molecule has 0 aromatic heterocycles. The summed E-state index contributed by atoms with van der Waals surface area (Å²) in [5.41, 5.74) is 2.21. The number of hydrogen-bond acceptors (Lipinski definition) is 2. The Morgan fingerprint density at radius 2 is 2.06 bits per heavy atom. The molecular weight excluding hydrogens is 226 g/mol. The fourth-order valence-corrected chi connectivity index (χ4v) is 3.03. The predicted molar refractivity (Wildman–Crippen MR) is 68.0 cm³/mol. The van der Waals surface area contributed by atoms with Crippen molar-refractivity contribution in [1.29, 1.82) is 0 Å². The van der Waals surface area contributed by atoms with Crippen molar-refractivity contribution in [2.75, 3.05) is 13.2 Å². The maximum Gasteiger partial charge on any atom is 0.258 e. The van der Waals surface area contributed by atoms with Gasteiger partial charge in [0, 0.05) is 24.8 Å². The first-order valence-corrected chi connectivity index (χ1v) is 6.54. The van der Waals surface area contributed by atoms with Crippen molar-refractivity contribution < 1.29 is 9.47 Å². The van der Waals surface area contributed by atoms with Gasteiger partial charge in [-0.2, -0.15) is 0 Å². The number of rotatable bonds is 3. The zero-order valence-electron chi connectivity index (χ0n) is 10.4. The van der Waals surface area contributed by atoms with Crippen LogP contribution >= 0.6 is 0 Å². The van der Waals surface area contributed by atoms with E-state index < -0.39 is 0 Å². The second kappa shape index (κ2) is 4.72. The van der Waals surface area contributed by atoms with E-state index in [0.717, 1.165) is 25.7 Å². The molecule has 0 saturated carbocycles. The molecule has 94 valence electrons. The van der Waals surface area contributed by atoms with E-state index in [0.29, 0.717) is 13.2 Å². The molecule has 3 rings (SSSR count). The summed E-state index contributed by atoms with van der Waals surface area (Å²) in [6, 6.07) is 8.34. The Labute approximate surface area is 108 Å². The number of hydrogen-bond donors (Lipinski definition) is 0. The normalized spacial score (nSPS) is 27.1. The van der Waals surface area contributed by atoms with Gasteiger partial charge in [0.25, 0.3) is 5.54 Å². The topological polar surface area (TPSA) is 22.8 Å². The monoisotopic (exact) mass is 243 g/mol. The van der Waals surface area contributed by atoms with Crippen molar-refractivity contribution in [3.8, 4) is 0 Å². The van der Waals surface area contributed by atoms with E-state index in [2.05, 4.69) is 23.0 Å². The van der Waals surface area contributed by atoms with Gasteiger partial charge in [0.15, 0.2) is 6.29 Å². The predicted octanol–water partition coefficient (Wildman–Crippen LogP) is 2.90. The van der Waals surface area contributed by atoms with Crippen LogP contribution in [-0.2, 0) is 21.4 Å². The number of nitrogens with zero attached hydrogens (tertiary/aromatic N) is 1. The Morgan fingerprint density at radius 1 is 1.28 bits per heavy atom. The van der Waals surface area contributed by atoms with Crippen LogP contribution in [0.1, 0.15) is 30.4 Å². The molecule has 1 fully saturated rings. The van der Waals surface area contributed by atoms with Crippen LogP contribution in [0, 0.1) is 6.57 Å². The van der Waals surface area contributed by atoms with Gasteiger partial charge in [-0.1, -0.05) is 24.3 Å². The highest BCUT2D eigenvalue weighted by Gasteiger charge is 2.45. The lowest BCUT2D eigenvalue weighted by atomic mass is 9.87. The van der Waals surface area contributed by atoms with Crippen molar-refractivity contribution in [3.63, 3.8) is 0 Å². The molecule has 1 aliphatic carbocycles. The molecule has 1 saturated heterocycles. The maximum absolute atomic E-state index is 7.60. The van der Waals surface area contributed by atoms with Crippen LogP contribution in [0.3, 0.4) is 0 Å². The SMILES string of the molecule is [C-]#[N+]C1(CCC2OCCO2)CCc2ccccc21. The average Bonchev–Trinajstić information content (AvgIpc) is 3.05. The largest absolute Gasteiger partial charge is 0.350 e. The molecule has 1 aromatic carbocycles. The molecule has 1 aliphatic heterocycles. The van der Waals surface area contributed by atoms with Gasteiger partial charge in [0.2, 0.25) is 0 Å². The van der Waals surface area contributed by atoms with Crippen LogP contribution < -0.4 is 0 Å². The highest BCUT2D eigenvalue weighted by atomic mass is 16.7. The summed E-state index contributed by atoms with van der Waals surface area (Å²) < 4.78 is 10.9. The molecule has 0 radical (unpaired) electrons. The molecule has 0 amide bonds. The van der Waals surface area contributed by atoms with E-state index in [1.54, 1.807) is 0 Å². The molecule has 1 unspecified atom stereocenters. The summed E-state index contributed by atoms with van der Waals surface area (Å²) in [5.74, 6) is 0. The van der Waals surface area contributed by atoms with Crippen molar-refractivity contribution in [3.05, 3.63) is 46.8 Å². The van der Waals surface area contributed by atoms with E-state index in [4.69, 9.17) is 16.0 Å². The molecule has 3 nitrogen and oxygen atoms in total. The highest BCUT2D eigenvalue weighted by molar-refractivity contribution is 5.41. The van der Waals surface area contributed by atoms with Crippen LogP contribution in [0.15, 0.2) is 24.3 Å². The minimum atomic E-state index is -0.341. The average molecular weight is 243 g/mol. The van der Waals surface area contributed by atoms with E-state index in [9.17, 15) is 0 Å². The molecule has 1 heterocycles. The van der Waals surface area contributed by atoms with E-state index in [1.807, 2.05) is 6.07 Å². The zero-order chi connectivity index (χ0) is 12.4. The second-order valence-electron chi connectivity index (χ2n) is 5.01. The van der Waals surface area contributed by atoms with Gasteiger partial charge in [-0.3, -0.25) is 0 Å². The summed E-state index contributed by atoms with van der Waals surface area (Å²) in [4.78, 5) is 3.96. The fraction of sp³-hybridized carbons (Fsp3) is 0.533. The Hall–Kier alpha value is -1.37. The first kappa shape index (κ1) is 11.7. The molecular formula is C15H17NO2.